The van der Waals surface area contributed by atoms with Crippen LogP contribution in [0.15, 0.2) is 116 Å². The lowest BCUT2D eigenvalue weighted by Gasteiger charge is -2.26. The van der Waals surface area contributed by atoms with Gasteiger partial charge in [-0.15, -0.1) is 4.59 Å². The van der Waals surface area contributed by atoms with Crippen molar-refractivity contribution in [2.75, 3.05) is 0 Å². The monoisotopic (exact) mass is 387 g/mol. The molecule has 0 saturated heterocycles. The summed E-state index contributed by atoms with van der Waals surface area (Å²) in [6, 6.07) is 14.9. The average molecular weight is 387 g/mol. The highest BCUT2D eigenvalue weighted by atomic mass is 32.2. The second kappa shape index (κ2) is 6.53. The minimum atomic E-state index is -0.298. The maximum Gasteiger partial charge on any atom is 0.265 e. The Morgan fingerprint density at radius 3 is 2.61 bits per heavy atom. The third-order valence-corrected chi connectivity index (χ3v) is 5.84. The molecule has 2 heterocycles. The molecule has 136 valence electrons. The number of quaternary nitrogens is 1. The lowest BCUT2D eigenvalue weighted by atomic mass is 10.0. The third kappa shape index (κ3) is 2.70. The summed E-state index contributed by atoms with van der Waals surface area (Å²) >= 11 is 1.39. The van der Waals surface area contributed by atoms with Crippen molar-refractivity contribution in [1.82, 2.24) is 0 Å². The molecule has 28 heavy (non-hydrogen) atoms. The molecule has 0 radical (unpaired) electrons. The van der Waals surface area contributed by atoms with E-state index in [2.05, 4.69) is 4.99 Å². The average Bonchev–Trinajstić information content (AvgIpc) is 2.96. The summed E-state index contributed by atoms with van der Waals surface area (Å²) in [7, 11) is 0. The number of allylic oxidation sites excluding steroid dienone is 4. The first kappa shape index (κ1) is 17.1. The van der Waals surface area contributed by atoms with Crippen molar-refractivity contribution < 1.29 is 8.98 Å². The van der Waals surface area contributed by atoms with Crippen LogP contribution in [0.25, 0.3) is 0 Å². The highest BCUT2D eigenvalue weighted by molar-refractivity contribution is 7.99. The highest BCUT2D eigenvalue weighted by Gasteiger charge is 2.44. The third-order valence-electron chi connectivity index (χ3n) is 4.78. The molecule has 1 aliphatic carbocycles. The van der Waals surface area contributed by atoms with E-state index in [0.29, 0.717) is 16.3 Å². The lowest BCUT2D eigenvalue weighted by Crippen LogP contribution is -2.53. The molecular weight excluding hydrogens is 371 g/mol. The van der Waals surface area contributed by atoms with Crippen LogP contribution < -0.4 is 5.84 Å². The number of benzene rings is 2. The molecule has 4 nitrogen and oxygen atoms in total. The lowest BCUT2D eigenvalue weighted by molar-refractivity contribution is -0.750. The van der Waals surface area contributed by atoms with Crippen molar-refractivity contribution in [3.63, 3.8) is 0 Å². The standard InChI is InChI=1S/C22H16FN4S/c23-18-13-16(9-10-20(18)28-17-7-2-1-3-8-17)22-26-21(15-5-4-6-15)19-14-25-11-12-27(19,22)24/h1-14H,24H2/q+1. The molecule has 0 amide bonds. The summed E-state index contributed by atoms with van der Waals surface area (Å²) < 4.78 is 14.8. The minimum Gasteiger partial charge on any atom is -0.253 e. The molecule has 6 heteroatoms. The van der Waals surface area contributed by atoms with Gasteiger partial charge in [0.2, 0.25) is 5.70 Å². The maximum absolute atomic E-state index is 14.9. The van der Waals surface area contributed by atoms with Crippen LogP contribution in [0.3, 0.4) is 0 Å². The highest BCUT2D eigenvalue weighted by Crippen LogP contribution is 2.37. The summed E-state index contributed by atoms with van der Waals surface area (Å²) in [6.07, 6.45) is 11.0. The van der Waals surface area contributed by atoms with E-state index in [1.165, 1.54) is 17.8 Å². The van der Waals surface area contributed by atoms with E-state index < -0.39 is 0 Å². The van der Waals surface area contributed by atoms with E-state index in [1.807, 2.05) is 54.6 Å². The quantitative estimate of drug-likeness (QED) is 0.611. The van der Waals surface area contributed by atoms with Crippen molar-refractivity contribution in [3.8, 4) is 0 Å². The van der Waals surface area contributed by atoms with E-state index in [0.717, 1.165) is 21.9 Å². The summed E-state index contributed by atoms with van der Waals surface area (Å²) in [5.41, 5.74) is 3.19. The van der Waals surface area contributed by atoms with Gasteiger partial charge in [-0.25, -0.2) is 4.39 Å². The Morgan fingerprint density at radius 1 is 1.07 bits per heavy atom. The molecular formula is C22H16FN4S+. The van der Waals surface area contributed by atoms with E-state index in [-0.39, 0.29) is 10.4 Å². The fourth-order valence-electron chi connectivity index (χ4n) is 3.28. The van der Waals surface area contributed by atoms with Gasteiger partial charge in [-0.05, 0) is 30.3 Å². The number of amidine groups is 1. The molecule has 1 unspecified atom stereocenters. The van der Waals surface area contributed by atoms with E-state index in [9.17, 15) is 4.39 Å². The van der Waals surface area contributed by atoms with Crippen LogP contribution in [0, 0.1) is 5.82 Å². The first-order chi connectivity index (χ1) is 13.6. The van der Waals surface area contributed by atoms with Crippen LogP contribution in [0.5, 0.6) is 0 Å². The molecule has 0 aromatic heterocycles. The first-order valence-electron chi connectivity index (χ1n) is 8.79. The van der Waals surface area contributed by atoms with Gasteiger partial charge in [-0.2, -0.15) is 10.8 Å². The number of hydrogen-bond acceptors (Lipinski definition) is 4. The van der Waals surface area contributed by atoms with Gasteiger partial charge >= 0.3 is 0 Å². The Kier molecular flexibility index (Phi) is 3.98. The van der Waals surface area contributed by atoms with Gasteiger partial charge in [0.05, 0.1) is 18.0 Å². The largest absolute Gasteiger partial charge is 0.265 e. The zero-order valence-electron chi connectivity index (χ0n) is 14.8. The molecule has 0 saturated carbocycles. The van der Waals surface area contributed by atoms with Crippen LogP contribution >= 0.6 is 11.8 Å². The summed E-state index contributed by atoms with van der Waals surface area (Å²) in [4.78, 5) is 10.5. The number of fused-ring (bicyclic) bond motifs is 1. The molecule has 2 aromatic rings. The molecule has 0 spiro atoms. The molecule has 0 bridgehead atoms. The Hall–Kier alpha value is -3.06. The second-order valence-corrected chi connectivity index (χ2v) is 7.68. The number of aliphatic imine (C=N–C) groups is 2. The molecule has 1 atom stereocenters. The number of rotatable bonds is 4. The summed E-state index contributed by atoms with van der Waals surface area (Å²) in [5, 5.41) is 0. The smallest absolute Gasteiger partial charge is 0.253 e. The van der Waals surface area contributed by atoms with Gasteiger partial charge in [0.25, 0.3) is 5.84 Å². The maximum atomic E-state index is 14.9. The zero-order valence-corrected chi connectivity index (χ0v) is 15.6. The van der Waals surface area contributed by atoms with Gasteiger partial charge in [0.1, 0.15) is 17.7 Å². The van der Waals surface area contributed by atoms with Crippen LogP contribution in [0.4, 0.5) is 4.39 Å². The number of halogens is 1. The Labute approximate surface area is 166 Å². The summed E-state index contributed by atoms with van der Waals surface area (Å²) in [6.45, 7) is 0. The fourth-order valence-corrected chi connectivity index (χ4v) is 4.12. The summed E-state index contributed by atoms with van der Waals surface area (Å²) in [5.74, 6) is 6.93. The first-order valence-corrected chi connectivity index (χ1v) is 9.61. The van der Waals surface area contributed by atoms with Gasteiger partial charge in [0.15, 0.2) is 0 Å². The van der Waals surface area contributed by atoms with Crippen LogP contribution in [0.2, 0.25) is 0 Å². The van der Waals surface area contributed by atoms with Crippen LogP contribution in [0.1, 0.15) is 5.56 Å². The fraction of sp³-hybridized carbons (Fsp3) is 0. The van der Waals surface area contributed by atoms with Crippen molar-refractivity contribution >= 4 is 23.8 Å². The zero-order chi connectivity index (χ0) is 19.1. The SMILES string of the molecule is N[N+]12C=CN=CC1=C(C1=CC=C1)N=C2c1ccc(Sc2ccccc2)c(F)c1. The normalized spacial score (nSPS) is 22.1. The minimum absolute atomic E-state index is 0.116. The van der Waals surface area contributed by atoms with Crippen molar-refractivity contribution in [2.24, 2.45) is 15.8 Å². The van der Waals surface area contributed by atoms with Gasteiger partial charge in [-0.1, -0.05) is 48.2 Å². The number of hydrogen-bond donors (Lipinski definition) is 1. The van der Waals surface area contributed by atoms with E-state index in [4.69, 9.17) is 10.8 Å². The van der Waals surface area contributed by atoms with Crippen molar-refractivity contribution in [3.05, 3.63) is 108 Å². The molecule has 2 aliphatic heterocycles. The number of nitrogens with zero attached hydrogens (tertiary/aromatic N) is 3. The van der Waals surface area contributed by atoms with Gasteiger partial charge in [0, 0.05) is 15.4 Å². The Bertz CT molecular complexity index is 1160. The van der Waals surface area contributed by atoms with Crippen LogP contribution in [-0.2, 0) is 0 Å². The van der Waals surface area contributed by atoms with E-state index >= 15 is 0 Å². The number of nitrogens with two attached hydrogens (primary N) is 1. The van der Waals surface area contributed by atoms with Gasteiger partial charge < -0.3 is 0 Å². The molecule has 0 fully saturated rings. The van der Waals surface area contributed by atoms with Crippen molar-refractivity contribution in [1.29, 1.82) is 0 Å². The molecule has 2 aromatic carbocycles. The predicted octanol–water partition coefficient (Wildman–Crippen LogP) is 4.69. The molecule has 2 N–H and O–H groups in total. The van der Waals surface area contributed by atoms with Gasteiger partial charge in [-0.3, -0.25) is 4.99 Å². The predicted molar refractivity (Wildman–Crippen MR) is 110 cm³/mol. The Morgan fingerprint density at radius 2 is 1.89 bits per heavy atom. The molecule has 3 aliphatic rings. The van der Waals surface area contributed by atoms with Crippen molar-refractivity contribution in [2.45, 2.75) is 9.79 Å². The van der Waals surface area contributed by atoms with Crippen LogP contribution in [-0.4, -0.2) is 16.6 Å². The second-order valence-electron chi connectivity index (χ2n) is 6.56. The topological polar surface area (TPSA) is 50.7 Å². The Balaban J connectivity index is 1.52. The van der Waals surface area contributed by atoms with E-state index in [1.54, 1.807) is 24.7 Å². The molecule has 5 rings (SSSR count).